The molecule has 0 unspecified atom stereocenters. The lowest BCUT2D eigenvalue weighted by Gasteiger charge is -2.13. The van der Waals surface area contributed by atoms with Gasteiger partial charge in [-0.05, 0) is 35.9 Å². The second-order valence-corrected chi connectivity index (χ2v) is 6.68. The summed E-state index contributed by atoms with van der Waals surface area (Å²) in [5.74, 6) is -1.26. The summed E-state index contributed by atoms with van der Waals surface area (Å²) in [4.78, 5) is 36.8. The highest BCUT2D eigenvalue weighted by atomic mass is 35.5. The van der Waals surface area contributed by atoms with Crippen molar-refractivity contribution in [1.82, 2.24) is 4.90 Å². The van der Waals surface area contributed by atoms with E-state index in [1.165, 1.54) is 12.1 Å². The van der Waals surface area contributed by atoms with Crippen LogP contribution in [-0.4, -0.2) is 27.7 Å². The Morgan fingerprint density at radius 3 is 2.72 bits per heavy atom. The fourth-order valence-corrected chi connectivity index (χ4v) is 3.20. The quantitative estimate of drug-likeness (QED) is 0.875. The van der Waals surface area contributed by atoms with Gasteiger partial charge >= 0.3 is 0 Å². The molecule has 1 fully saturated rings. The monoisotopic (exact) mass is 378 g/mol. The third kappa shape index (κ3) is 4.00. The summed E-state index contributed by atoms with van der Waals surface area (Å²) in [7, 11) is 0. The predicted molar refractivity (Wildman–Crippen MR) is 94.2 cm³/mol. The third-order valence-electron chi connectivity index (χ3n) is 3.55. The second-order valence-electron chi connectivity index (χ2n) is 5.31. The fourth-order valence-electron chi connectivity index (χ4n) is 2.31. The Labute approximate surface area is 152 Å². The Bertz CT molecular complexity index is 859. The summed E-state index contributed by atoms with van der Waals surface area (Å²) >= 11 is 6.64. The van der Waals surface area contributed by atoms with Gasteiger partial charge < -0.3 is 5.32 Å². The third-order valence-corrected chi connectivity index (χ3v) is 4.64. The van der Waals surface area contributed by atoms with E-state index in [1.807, 2.05) is 0 Å². The zero-order valence-electron chi connectivity index (χ0n) is 12.8. The van der Waals surface area contributed by atoms with Crippen LogP contribution in [0.1, 0.15) is 15.9 Å². The normalized spacial score (nSPS) is 14.1. The maximum absolute atomic E-state index is 13.8. The highest BCUT2D eigenvalue weighted by Gasteiger charge is 2.29. The minimum atomic E-state index is -0.637. The van der Waals surface area contributed by atoms with Crippen LogP contribution in [0.3, 0.4) is 0 Å². The molecule has 1 aliphatic heterocycles. The molecule has 2 aromatic carbocycles. The van der Waals surface area contributed by atoms with Gasteiger partial charge in [-0.1, -0.05) is 35.5 Å². The van der Waals surface area contributed by atoms with Gasteiger partial charge in [-0.2, -0.15) is 0 Å². The average molecular weight is 379 g/mol. The highest BCUT2D eigenvalue weighted by Crippen LogP contribution is 2.22. The number of amides is 3. The Balaban J connectivity index is 1.75. The van der Waals surface area contributed by atoms with Crippen molar-refractivity contribution >= 4 is 46.1 Å². The Morgan fingerprint density at radius 2 is 2.04 bits per heavy atom. The minimum Gasteiger partial charge on any atom is -0.319 e. The van der Waals surface area contributed by atoms with Gasteiger partial charge in [0.1, 0.15) is 5.82 Å². The van der Waals surface area contributed by atoms with Gasteiger partial charge in [0.15, 0.2) is 0 Å². The lowest BCUT2D eigenvalue weighted by Crippen LogP contribution is -2.28. The van der Waals surface area contributed by atoms with Crippen LogP contribution in [0, 0.1) is 5.82 Å². The molecule has 0 radical (unpaired) electrons. The number of thioether (sulfide) groups is 1. The van der Waals surface area contributed by atoms with Crippen molar-refractivity contribution in [1.29, 1.82) is 0 Å². The largest absolute Gasteiger partial charge is 0.319 e. The first-order valence-electron chi connectivity index (χ1n) is 7.26. The number of halogens is 2. The van der Waals surface area contributed by atoms with Gasteiger partial charge in [-0.25, -0.2) is 4.39 Å². The molecular formula is C17H12ClFN2O3S. The summed E-state index contributed by atoms with van der Waals surface area (Å²) in [5, 5.41) is 2.40. The smallest absolute Gasteiger partial charge is 0.289 e. The molecule has 0 aliphatic carbocycles. The standard InChI is InChI=1S/C17H12ClFN2O3S/c18-12-4-5-14(13(19)7-12)20-16(23)11-3-1-2-10(6-11)8-21-15(22)9-25-17(21)24/h1-7H,8-9H2,(H,20,23). The fraction of sp³-hybridized carbons (Fsp3) is 0.118. The first-order chi connectivity index (χ1) is 11.9. The van der Waals surface area contributed by atoms with E-state index < -0.39 is 11.7 Å². The molecule has 25 heavy (non-hydrogen) atoms. The van der Waals surface area contributed by atoms with E-state index in [4.69, 9.17) is 11.6 Å². The van der Waals surface area contributed by atoms with E-state index in [9.17, 15) is 18.8 Å². The van der Waals surface area contributed by atoms with Crippen molar-refractivity contribution in [2.45, 2.75) is 6.54 Å². The molecule has 3 amide bonds. The van der Waals surface area contributed by atoms with E-state index >= 15 is 0 Å². The number of hydrogen-bond acceptors (Lipinski definition) is 4. The van der Waals surface area contributed by atoms with Crippen LogP contribution < -0.4 is 5.32 Å². The van der Waals surface area contributed by atoms with Crippen LogP contribution in [0.5, 0.6) is 0 Å². The first kappa shape index (κ1) is 17.4. The van der Waals surface area contributed by atoms with Crippen LogP contribution in [0.25, 0.3) is 0 Å². The van der Waals surface area contributed by atoms with Gasteiger partial charge in [0.2, 0.25) is 5.91 Å². The van der Waals surface area contributed by atoms with Gasteiger partial charge in [0, 0.05) is 10.6 Å². The lowest BCUT2D eigenvalue weighted by molar-refractivity contribution is -0.125. The molecular weight excluding hydrogens is 367 g/mol. The van der Waals surface area contributed by atoms with Gasteiger partial charge in [0.25, 0.3) is 11.1 Å². The molecule has 1 N–H and O–H groups in total. The molecule has 1 heterocycles. The van der Waals surface area contributed by atoms with Crippen molar-refractivity contribution in [3.63, 3.8) is 0 Å². The van der Waals surface area contributed by atoms with E-state index in [1.54, 1.807) is 24.3 Å². The van der Waals surface area contributed by atoms with Gasteiger partial charge in [-0.3, -0.25) is 19.3 Å². The number of imide groups is 1. The zero-order chi connectivity index (χ0) is 18.0. The van der Waals surface area contributed by atoms with Crippen molar-refractivity contribution in [3.05, 3.63) is 64.4 Å². The molecule has 0 bridgehead atoms. The molecule has 0 atom stereocenters. The van der Waals surface area contributed by atoms with Gasteiger partial charge in [-0.15, -0.1) is 0 Å². The van der Waals surface area contributed by atoms with Crippen LogP contribution in [0.15, 0.2) is 42.5 Å². The molecule has 5 nitrogen and oxygen atoms in total. The van der Waals surface area contributed by atoms with Crippen molar-refractivity contribution in [2.24, 2.45) is 0 Å². The van der Waals surface area contributed by atoms with Crippen LogP contribution >= 0.6 is 23.4 Å². The predicted octanol–water partition coefficient (Wildman–Crippen LogP) is 3.93. The minimum absolute atomic E-state index is 0.0149. The number of carbonyl (C=O) groups is 3. The van der Waals surface area contributed by atoms with Crippen molar-refractivity contribution in [2.75, 3.05) is 11.1 Å². The molecule has 1 saturated heterocycles. The topological polar surface area (TPSA) is 66.5 Å². The number of hydrogen-bond donors (Lipinski definition) is 1. The number of nitrogens with zero attached hydrogens (tertiary/aromatic N) is 1. The second kappa shape index (κ2) is 7.25. The van der Waals surface area contributed by atoms with Crippen LogP contribution in [0.4, 0.5) is 14.9 Å². The number of rotatable bonds is 4. The van der Waals surface area contributed by atoms with Crippen LogP contribution in [0.2, 0.25) is 5.02 Å². The summed E-state index contributed by atoms with van der Waals surface area (Å²) in [6.45, 7) is 0.0983. The van der Waals surface area contributed by atoms with E-state index in [-0.39, 0.29) is 34.2 Å². The summed E-state index contributed by atoms with van der Waals surface area (Å²) < 4.78 is 13.8. The summed E-state index contributed by atoms with van der Waals surface area (Å²) in [5.41, 5.74) is 0.938. The van der Waals surface area contributed by atoms with E-state index in [2.05, 4.69) is 5.32 Å². The summed E-state index contributed by atoms with van der Waals surface area (Å²) in [6, 6.07) is 10.4. The number of anilines is 1. The molecule has 3 rings (SSSR count). The lowest BCUT2D eigenvalue weighted by atomic mass is 10.1. The number of benzene rings is 2. The van der Waals surface area contributed by atoms with E-state index in [0.29, 0.717) is 11.1 Å². The first-order valence-corrected chi connectivity index (χ1v) is 8.63. The number of nitrogens with one attached hydrogen (secondary N) is 1. The molecule has 2 aromatic rings. The van der Waals surface area contributed by atoms with Gasteiger partial charge in [0.05, 0.1) is 18.0 Å². The van der Waals surface area contributed by atoms with Crippen LogP contribution in [-0.2, 0) is 11.3 Å². The Morgan fingerprint density at radius 1 is 1.24 bits per heavy atom. The maximum atomic E-state index is 13.8. The average Bonchev–Trinajstić information content (AvgIpc) is 2.89. The highest BCUT2D eigenvalue weighted by molar-refractivity contribution is 8.14. The number of carbonyl (C=O) groups excluding carboxylic acids is 3. The molecule has 0 spiro atoms. The maximum Gasteiger partial charge on any atom is 0.289 e. The molecule has 0 aromatic heterocycles. The Kier molecular flexibility index (Phi) is 5.06. The Hall–Kier alpha value is -2.38. The SMILES string of the molecule is O=C(Nc1ccc(Cl)cc1F)c1cccc(CN2C(=O)CSC2=O)c1. The van der Waals surface area contributed by atoms with Crippen molar-refractivity contribution < 1.29 is 18.8 Å². The zero-order valence-corrected chi connectivity index (χ0v) is 14.4. The molecule has 0 saturated carbocycles. The van der Waals surface area contributed by atoms with E-state index in [0.717, 1.165) is 22.7 Å². The molecule has 8 heteroatoms. The van der Waals surface area contributed by atoms with Crippen molar-refractivity contribution in [3.8, 4) is 0 Å². The summed E-state index contributed by atoms with van der Waals surface area (Å²) in [6.07, 6.45) is 0. The molecule has 128 valence electrons. The molecule has 1 aliphatic rings.